The quantitative estimate of drug-likeness (QED) is 0.696. The molecule has 0 bridgehead atoms. The summed E-state index contributed by atoms with van der Waals surface area (Å²) in [6.45, 7) is 1.26. The Labute approximate surface area is 152 Å². The lowest BCUT2D eigenvalue weighted by molar-refractivity contribution is -0.131. The van der Waals surface area contributed by atoms with Crippen molar-refractivity contribution in [2.24, 2.45) is 0 Å². The van der Waals surface area contributed by atoms with E-state index in [1.165, 1.54) is 25.4 Å². The van der Waals surface area contributed by atoms with Gasteiger partial charge in [-0.1, -0.05) is 35.3 Å². The van der Waals surface area contributed by atoms with Crippen LogP contribution in [-0.2, 0) is 4.79 Å². The monoisotopic (exact) mass is 375 g/mol. The van der Waals surface area contributed by atoms with E-state index in [-0.39, 0.29) is 22.2 Å². The molecule has 0 radical (unpaired) electrons. The van der Waals surface area contributed by atoms with Crippen LogP contribution in [0.2, 0.25) is 10.0 Å². The molecule has 8 heteroatoms. The Morgan fingerprint density at radius 1 is 1.12 bits per heavy atom. The minimum atomic E-state index is -0.564. The molecule has 0 saturated carbocycles. The molecule has 0 aliphatic carbocycles. The fourth-order valence-electron chi connectivity index (χ4n) is 2.21. The molecular formula is C17H11Cl2N3O3. The van der Waals surface area contributed by atoms with Crippen molar-refractivity contribution in [1.29, 1.82) is 0 Å². The van der Waals surface area contributed by atoms with Crippen LogP contribution in [-0.4, -0.2) is 21.8 Å². The summed E-state index contributed by atoms with van der Waals surface area (Å²) in [6.07, 6.45) is 2.69. The predicted molar refractivity (Wildman–Crippen MR) is 95.3 cm³/mol. The SMILES string of the molecule is CC(=O)Oc1c(C(=O)Nc2ncc(Cl)cc2Cl)cnc2ccccc12. The first-order valence-electron chi connectivity index (χ1n) is 7.14. The van der Waals surface area contributed by atoms with Crippen LogP contribution in [0.3, 0.4) is 0 Å². The molecule has 3 rings (SSSR count). The van der Waals surface area contributed by atoms with Crippen molar-refractivity contribution in [2.45, 2.75) is 6.92 Å². The number of aromatic nitrogens is 2. The topological polar surface area (TPSA) is 81.2 Å². The highest BCUT2D eigenvalue weighted by Gasteiger charge is 2.19. The van der Waals surface area contributed by atoms with E-state index in [2.05, 4.69) is 15.3 Å². The molecule has 3 aromatic rings. The Kier molecular flexibility index (Phi) is 4.83. The largest absolute Gasteiger partial charge is 0.425 e. The van der Waals surface area contributed by atoms with Gasteiger partial charge in [-0.25, -0.2) is 4.98 Å². The molecule has 0 saturated heterocycles. The van der Waals surface area contributed by atoms with Crippen molar-refractivity contribution >= 4 is 51.8 Å². The van der Waals surface area contributed by atoms with Crippen LogP contribution in [0.5, 0.6) is 5.75 Å². The predicted octanol–water partition coefficient (Wildman–Crippen LogP) is 4.11. The van der Waals surface area contributed by atoms with E-state index >= 15 is 0 Å². The van der Waals surface area contributed by atoms with Crippen LogP contribution in [0, 0.1) is 0 Å². The zero-order valence-corrected chi connectivity index (χ0v) is 14.4. The van der Waals surface area contributed by atoms with E-state index in [1.54, 1.807) is 24.3 Å². The maximum absolute atomic E-state index is 12.6. The summed E-state index contributed by atoms with van der Waals surface area (Å²) in [6, 6.07) is 8.48. The van der Waals surface area contributed by atoms with Crippen LogP contribution in [0.1, 0.15) is 17.3 Å². The molecule has 0 aliphatic rings. The zero-order chi connectivity index (χ0) is 18.0. The van der Waals surface area contributed by atoms with Crippen molar-refractivity contribution < 1.29 is 14.3 Å². The van der Waals surface area contributed by atoms with Crippen molar-refractivity contribution in [1.82, 2.24) is 9.97 Å². The first-order chi connectivity index (χ1) is 12.0. The summed E-state index contributed by atoms with van der Waals surface area (Å²) in [7, 11) is 0. The number of para-hydroxylation sites is 1. The van der Waals surface area contributed by atoms with Crippen molar-refractivity contribution in [2.75, 3.05) is 5.32 Å². The third-order valence-corrected chi connectivity index (χ3v) is 3.75. The molecule has 1 amide bonds. The molecule has 6 nitrogen and oxygen atoms in total. The number of halogens is 2. The molecule has 0 aliphatic heterocycles. The number of amides is 1. The molecule has 0 fully saturated rings. The van der Waals surface area contributed by atoms with Gasteiger partial charge in [-0.05, 0) is 18.2 Å². The normalized spacial score (nSPS) is 10.5. The van der Waals surface area contributed by atoms with E-state index < -0.39 is 11.9 Å². The number of pyridine rings is 2. The van der Waals surface area contributed by atoms with Crippen LogP contribution in [0.25, 0.3) is 10.9 Å². The fraction of sp³-hybridized carbons (Fsp3) is 0.0588. The van der Waals surface area contributed by atoms with Crippen LogP contribution < -0.4 is 10.1 Å². The van der Waals surface area contributed by atoms with Crippen molar-refractivity contribution in [3.05, 3.63) is 58.3 Å². The molecule has 1 aromatic carbocycles. The second-order valence-corrected chi connectivity index (χ2v) is 5.89. The fourth-order valence-corrected chi connectivity index (χ4v) is 2.64. The number of ether oxygens (including phenoxy) is 1. The minimum absolute atomic E-state index is 0.0849. The van der Waals surface area contributed by atoms with Gasteiger partial charge in [0.1, 0.15) is 5.56 Å². The molecule has 1 N–H and O–H groups in total. The maximum Gasteiger partial charge on any atom is 0.308 e. The van der Waals surface area contributed by atoms with Crippen molar-refractivity contribution in [3.63, 3.8) is 0 Å². The van der Waals surface area contributed by atoms with Gasteiger partial charge in [0.2, 0.25) is 0 Å². The first-order valence-corrected chi connectivity index (χ1v) is 7.90. The van der Waals surface area contributed by atoms with Gasteiger partial charge in [-0.3, -0.25) is 14.6 Å². The van der Waals surface area contributed by atoms with Gasteiger partial charge in [0, 0.05) is 24.7 Å². The molecule has 126 valence electrons. The summed E-state index contributed by atoms with van der Waals surface area (Å²) in [4.78, 5) is 32.3. The summed E-state index contributed by atoms with van der Waals surface area (Å²) in [5.74, 6) is -0.849. The lowest BCUT2D eigenvalue weighted by Gasteiger charge is -2.12. The number of anilines is 1. The van der Waals surface area contributed by atoms with Crippen LogP contribution >= 0.6 is 23.2 Å². The van der Waals surface area contributed by atoms with Gasteiger partial charge in [0.25, 0.3) is 5.91 Å². The van der Waals surface area contributed by atoms with Crippen LogP contribution in [0.15, 0.2) is 42.7 Å². The number of fused-ring (bicyclic) bond motifs is 1. The second-order valence-electron chi connectivity index (χ2n) is 5.05. The summed E-state index contributed by atoms with van der Waals surface area (Å²) in [5.41, 5.74) is 0.680. The molecule has 2 heterocycles. The number of carbonyl (C=O) groups excluding carboxylic acids is 2. The maximum atomic E-state index is 12.6. The molecule has 0 atom stereocenters. The number of benzene rings is 1. The highest BCUT2D eigenvalue weighted by Crippen LogP contribution is 2.30. The molecule has 2 aromatic heterocycles. The van der Waals surface area contributed by atoms with E-state index in [9.17, 15) is 9.59 Å². The van der Waals surface area contributed by atoms with E-state index in [1.807, 2.05) is 0 Å². The zero-order valence-electron chi connectivity index (χ0n) is 12.9. The Balaban J connectivity index is 2.04. The minimum Gasteiger partial charge on any atom is -0.425 e. The van der Waals surface area contributed by atoms with Gasteiger partial charge >= 0.3 is 5.97 Å². The number of carbonyl (C=O) groups is 2. The smallest absolute Gasteiger partial charge is 0.308 e. The molecule has 0 unspecified atom stereocenters. The Morgan fingerprint density at radius 3 is 2.60 bits per heavy atom. The van der Waals surface area contributed by atoms with E-state index in [0.717, 1.165) is 0 Å². The van der Waals surface area contributed by atoms with Gasteiger partial charge in [0.15, 0.2) is 11.6 Å². The van der Waals surface area contributed by atoms with Gasteiger partial charge in [-0.2, -0.15) is 0 Å². The molecular weight excluding hydrogens is 365 g/mol. The number of hydrogen-bond donors (Lipinski definition) is 1. The third-order valence-electron chi connectivity index (χ3n) is 3.26. The number of nitrogens with one attached hydrogen (secondary N) is 1. The lowest BCUT2D eigenvalue weighted by Crippen LogP contribution is -2.16. The number of rotatable bonds is 3. The van der Waals surface area contributed by atoms with Crippen LogP contribution in [0.4, 0.5) is 5.82 Å². The van der Waals surface area contributed by atoms with Gasteiger partial charge < -0.3 is 10.1 Å². The van der Waals surface area contributed by atoms with E-state index in [4.69, 9.17) is 27.9 Å². The summed E-state index contributed by atoms with van der Waals surface area (Å²) in [5, 5.41) is 3.63. The first kappa shape index (κ1) is 17.1. The average Bonchev–Trinajstić information content (AvgIpc) is 2.57. The highest BCUT2D eigenvalue weighted by atomic mass is 35.5. The molecule has 0 spiro atoms. The van der Waals surface area contributed by atoms with Gasteiger partial charge in [-0.15, -0.1) is 0 Å². The third kappa shape index (κ3) is 3.70. The Hall–Kier alpha value is -2.70. The standard InChI is InChI=1S/C17H11Cl2N3O3/c1-9(23)25-15-11-4-2-3-5-14(11)20-8-12(15)17(24)22-16-13(19)6-10(18)7-21-16/h2-8H,1H3,(H,21,22,24). The summed E-state index contributed by atoms with van der Waals surface area (Å²) >= 11 is 11.8. The van der Waals surface area contributed by atoms with E-state index in [0.29, 0.717) is 15.9 Å². The number of nitrogens with zero attached hydrogens (tertiary/aromatic N) is 2. The number of esters is 1. The van der Waals surface area contributed by atoms with Gasteiger partial charge in [0.05, 0.1) is 15.6 Å². The Bertz CT molecular complexity index is 992. The molecule has 25 heavy (non-hydrogen) atoms. The lowest BCUT2D eigenvalue weighted by atomic mass is 10.1. The van der Waals surface area contributed by atoms with Crippen molar-refractivity contribution in [3.8, 4) is 5.75 Å². The highest BCUT2D eigenvalue weighted by molar-refractivity contribution is 6.36. The summed E-state index contributed by atoms with van der Waals surface area (Å²) < 4.78 is 5.25. The number of hydrogen-bond acceptors (Lipinski definition) is 5. The Morgan fingerprint density at radius 2 is 1.88 bits per heavy atom. The second kappa shape index (κ2) is 7.04. The average molecular weight is 376 g/mol.